The van der Waals surface area contributed by atoms with Gasteiger partial charge in [0, 0.05) is 0 Å². The Kier molecular flexibility index (Phi) is 3.95. The van der Waals surface area contributed by atoms with Gasteiger partial charge < -0.3 is 20.1 Å². The molecule has 2 fully saturated rings. The predicted molar refractivity (Wildman–Crippen MR) is 76.3 cm³/mol. The van der Waals surface area contributed by atoms with Gasteiger partial charge in [0.05, 0.1) is 40.8 Å². The van der Waals surface area contributed by atoms with Gasteiger partial charge in [0.2, 0.25) is 5.91 Å². The molecule has 9 heteroatoms. The number of hydrogen-bond acceptors (Lipinski definition) is 7. The van der Waals surface area contributed by atoms with Crippen molar-refractivity contribution in [1.29, 1.82) is 0 Å². The number of rotatable bonds is 4. The van der Waals surface area contributed by atoms with Crippen molar-refractivity contribution in [3.63, 3.8) is 0 Å². The van der Waals surface area contributed by atoms with E-state index in [2.05, 4.69) is 0 Å². The van der Waals surface area contributed by atoms with Gasteiger partial charge in [-0.3, -0.25) is 9.69 Å². The zero-order chi connectivity index (χ0) is 15.3. The number of hydrogen-bond donors (Lipinski definition) is 3. The Balaban J connectivity index is 1.82. The van der Waals surface area contributed by atoms with Crippen molar-refractivity contribution >= 4 is 35.4 Å². The van der Waals surface area contributed by atoms with E-state index in [1.807, 2.05) is 0 Å². The third kappa shape index (κ3) is 2.36. The molecule has 0 aromatic carbocycles. The number of aliphatic hydroxyl groups is 2. The zero-order valence-corrected chi connectivity index (χ0v) is 12.8. The summed E-state index contributed by atoms with van der Waals surface area (Å²) < 4.78 is 5.65. The largest absolute Gasteiger partial charge is 0.477 e. The Hall–Kier alpha value is -0.740. The van der Waals surface area contributed by atoms with Gasteiger partial charge in [-0.2, -0.15) is 0 Å². The van der Waals surface area contributed by atoms with E-state index >= 15 is 0 Å². The summed E-state index contributed by atoms with van der Waals surface area (Å²) in [6.07, 6.45) is -1.46. The highest BCUT2D eigenvalue weighted by atomic mass is 32.2. The lowest BCUT2D eigenvalue weighted by Crippen LogP contribution is -2.60. The number of β-lactam (4-membered cyclic amide) rings is 1. The number of carboxylic acids is 1. The van der Waals surface area contributed by atoms with E-state index in [0.29, 0.717) is 10.8 Å². The Morgan fingerprint density at radius 2 is 2.24 bits per heavy atom. The fourth-order valence-electron chi connectivity index (χ4n) is 2.61. The Morgan fingerprint density at radius 3 is 2.76 bits per heavy atom. The van der Waals surface area contributed by atoms with Crippen LogP contribution in [0, 0.1) is 5.92 Å². The Bertz CT molecular complexity index is 522. The number of carbonyl (C=O) groups is 2. The summed E-state index contributed by atoms with van der Waals surface area (Å²) in [6, 6.07) is 0. The van der Waals surface area contributed by atoms with Crippen molar-refractivity contribution in [1.82, 2.24) is 4.90 Å². The SMILES string of the molecule is CC(O)[C@H]1C(=O)N2C(C(=O)O)=C(S[C@@H]3COC[C@@H]3O)S[C@H]12. The van der Waals surface area contributed by atoms with Crippen molar-refractivity contribution in [3.05, 3.63) is 9.93 Å². The minimum Gasteiger partial charge on any atom is -0.477 e. The minimum absolute atomic E-state index is 0.0454. The predicted octanol–water partition coefficient (Wildman–Crippen LogP) is -0.355. The van der Waals surface area contributed by atoms with Crippen molar-refractivity contribution in [2.24, 2.45) is 5.92 Å². The number of amides is 1. The molecule has 2 saturated heterocycles. The molecule has 7 nitrogen and oxygen atoms in total. The molecule has 1 unspecified atom stereocenters. The van der Waals surface area contributed by atoms with Crippen LogP contribution in [0.1, 0.15) is 6.92 Å². The number of aliphatic carboxylic acids is 1. The van der Waals surface area contributed by atoms with Crippen LogP contribution in [0.15, 0.2) is 9.93 Å². The number of nitrogens with zero attached hydrogens (tertiary/aromatic N) is 1. The van der Waals surface area contributed by atoms with E-state index in [-0.39, 0.29) is 28.8 Å². The molecule has 5 atom stereocenters. The van der Waals surface area contributed by atoms with E-state index in [9.17, 15) is 24.9 Å². The number of carbonyl (C=O) groups excluding carboxylic acids is 1. The highest BCUT2D eigenvalue weighted by Gasteiger charge is 2.58. The Morgan fingerprint density at radius 1 is 1.52 bits per heavy atom. The third-order valence-corrected chi connectivity index (χ3v) is 6.62. The average molecular weight is 333 g/mol. The molecular formula is C12H15NO6S2. The molecule has 1 amide bonds. The smallest absolute Gasteiger partial charge is 0.354 e. The molecule has 3 aliphatic heterocycles. The first kappa shape index (κ1) is 15.2. The standard InChI is InChI=1S/C12H15NO6S2/c1-4(14)7-9(16)13-8(11(17)18)12(21-10(7)13)20-6-3-19-2-5(6)15/h4-7,10,14-15H,2-3H2,1H3,(H,17,18)/t4?,5-,6+,7-,10+/m0/s1. The van der Waals surface area contributed by atoms with Crippen LogP contribution in [-0.2, 0) is 14.3 Å². The van der Waals surface area contributed by atoms with Crippen LogP contribution in [-0.4, -0.2) is 68.1 Å². The van der Waals surface area contributed by atoms with Gasteiger partial charge in [-0.15, -0.1) is 11.8 Å². The number of fused-ring (bicyclic) bond motifs is 1. The van der Waals surface area contributed by atoms with Crippen molar-refractivity contribution < 1.29 is 29.6 Å². The van der Waals surface area contributed by atoms with Crippen molar-refractivity contribution in [3.8, 4) is 0 Å². The third-order valence-electron chi connectivity index (χ3n) is 3.73. The van der Waals surface area contributed by atoms with E-state index in [0.717, 1.165) is 0 Å². The van der Waals surface area contributed by atoms with E-state index in [4.69, 9.17) is 4.74 Å². The van der Waals surface area contributed by atoms with Crippen molar-refractivity contribution in [2.45, 2.75) is 29.8 Å². The maximum absolute atomic E-state index is 12.0. The molecule has 0 aromatic rings. The minimum atomic E-state index is -1.17. The fraction of sp³-hybridized carbons (Fsp3) is 0.667. The van der Waals surface area contributed by atoms with Gasteiger partial charge in [-0.25, -0.2) is 4.79 Å². The second kappa shape index (κ2) is 5.47. The van der Waals surface area contributed by atoms with Gasteiger partial charge >= 0.3 is 5.97 Å². The first-order valence-electron chi connectivity index (χ1n) is 6.49. The lowest BCUT2D eigenvalue weighted by atomic mass is 9.92. The topological polar surface area (TPSA) is 107 Å². The number of thioether (sulfide) groups is 2. The van der Waals surface area contributed by atoms with E-state index in [1.54, 1.807) is 0 Å². The lowest BCUT2D eigenvalue weighted by Gasteiger charge is -2.43. The molecule has 21 heavy (non-hydrogen) atoms. The summed E-state index contributed by atoms with van der Waals surface area (Å²) in [6.45, 7) is 2.11. The molecule has 3 aliphatic rings. The quantitative estimate of drug-likeness (QED) is 0.599. The highest BCUT2D eigenvalue weighted by molar-refractivity contribution is 8.23. The molecule has 0 spiro atoms. The second-order valence-corrected chi connectivity index (χ2v) is 7.82. The van der Waals surface area contributed by atoms with Crippen LogP contribution in [0.4, 0.5) is 0 Å². The first-order valence-corrected chi connectivity index (χ1v) is 8.25. The summed E-state index contributed by atoms with van der Waals surface area (Å²) in [5, 5.41) is 28.1. The highest BCUT2D eigenvalue weighted by Crippen LogP contribution is 2.54. The normalized spacial score (nSPS) is 36.7. The first-order chi connectivity index (χ1) is 9.91. The summed E-state index contributed by atoms with van der Waals surface area (Å²) >= 11 is 2.50. The summed E-state index contributed by atoms with van der Waals surface area (Å²) in [4.78, 5) is 24.7. The summed E-state index contributed by atoms with van der Waals surface area (Å²) in [5.41, 5.74) is -0.0454. The summed E-state index contributed by atoms with van der Waals surface area (Å²) in [5.74, 6) is -2.11. The molecule has 3 rings (SSSR count). The van der Waals surface area contributed by atoms with Gasteiger partial charge in [-0.05, 0) is 6.92 Å². The van der Waals surface area contributed by atoms with Gasteiger partial charge in [0.1, 0.15) is 5.37 Å². The van der Waals surface area contributed by atoms with E-state index in [1.165, 1.54) is 35.3 Å². The molecule has 116 valence electrons. The maximum Gasteiger partial charge on any atom is 0.354 e. The second-order valence-electron chi connectivity index (χ2n) is 5.19. The van der Waals surface area contributed by atoms with E-state index < -0.39 is 24.1 Å². The maximum atomic E-state index is 12.0. The molecule has 3 N–H and O–H groups in total. The van der Waals surface area contributed by atoms with Crippen LogP contribution in [0.25, 0.3) is 0 Å². The zero-order valence-electron chi connectivity index (χ0n) is 11.1. The van der Waals surface area contributed by atoms with Crippen LogP contribution >= 0.6 is 23.5 Å². The van der Waals surface area contributed by atoms with Gasteiger partial charge in [0.25, 0.3) is 0 Å². The van der Waals surface area contributed by atoms with Crippen LogP contribution in [0.5, 0.6) is 0 Å². The fourth-order valence-corrected chi connectivity index (χ4v) is 5.79. The number of ether oxygens (including phenoxy) is 1. The number of aliphatic hydroxyl groups excluding tert-OH is 2. The Labute approximate surface area is 129 Å². The number of carboxylic acid groups (broad SMARTS) is 1. The average Bonchev–Trinajstić information content (AvgIpc) is 2.92. The molecule has 3 heterocycles. The molecule has 0 bridgehead atoms. The van der Waals surface area contributed by atoms with Crippen LogP contribution in [0.2, 0.25) is 0 Å². The molecule has 0 saturated carbocycles. The van der Waals surface area contributed by atoms with Crippen LogP contribution in [0.3, 0.4) is 0 Å². The molecule has 0 radical (unpaired) electrons. The van der Waals surface area contributed by atoms with Crippen molar-refractivity contribution in [2.75, 3.05) is 13.2 Å². The molecule has 0 aliphatic carbocycles. The molecule has 0 aromatic heterocycles. The lowest BCUT2D eigenvalue weighted by molar-refractivity contribution is -0.156. The van der Waals surface area contributed by atoms with Gasteiger partial charge in [-0.1, -0.05) is 11.8 Å². The monoisotopic (exact) mass is 333 g/mol. The molecular weight excluding hydrogens is 318 g/mol. The van der Waals surface area contributed by atoms with Crippen LogP contribution < -0.4 is 0 Å². The summed E-state index contributed by atoms with van der Waals surface area (Å²) in [7, 11) is 0. The van der Waals surface area contributed by atoms with Gasteiger partial charge in [0.15, 0.2) is 5.70 Å².